The van der Waals surface area contributed by atoms with Crippen LogP contribution < -0.4 is 5.73 Å². The van der Waals surface area contributed by atoms with Gasteiger partial charge in [0.15, 0.2) is 11.6 Å². The van der Waals surface area contributed by atoms with E-state index in [4.69, 9.17) is 5.73 Å². The third-order valence-corrected chi connectivity index (χ3v) is 1.49. The highest BCUT2D eigenvalue weighted by Crippen LogP contribution is 2.08. The molecule has 0 aliphatic heterocycles. The number of nitrogens with two attached hydrogens (primary N) is 1. The predicted octanol–water partition coefficient (Wildman–Crippen LogP) is 0.384. The van der Waals surface area contributed by atoms with Gasteiger partial charge in [-0.05, 0) is 0 Å². The monoisotopic (exact) mass is 179 g/mol. The molecule has 13 heavy (non-hydrogen) atoms. The van der Waals surface area contributed by atoms with Crippen LogP contribution in [0, 0.1) is 5.82 Å². The van der Waals surface area contributed by atoms with E-state index in [0.29, 0.717) is 0 Å². The Bertz CT molecular complexity index is 411. The first-order valence-electron chi connectivity index (χ1n) is 3.54. The molecule has 2 aromatic rings. The fraction of sp³-hybridized carbons (Fsp3) is 0. The number of nitrogens with zero attached hydrogens (tertiary/aromatic N) is 4. The summed E-state index contributed by atoms with van der Waals surface area (Å²) < 4.78 is 14.5. The van der Waals surface area contributed by atoms with Gasteiger partial charge >= 0.3 is 0 Å². The van der Waals surface area contributed by atoms with Crippen LogP contribution in [-0.2, 0) is 0 Å². The Morgan fingerprint density at radius 3 is 3.00 bits per heavy atom. The molecule has 5 nitrogen and oxygen atoms in total. The minimum Gasteiger partial charge on any atom is -0.368 e. The largest absolute Gasteiger partial charge is 0.368 e. The van der Waals surface area contributed by atoms with Crippen molar-refractivity contribution in [2.24, 2.45) is 0 Å². The summed E-state index contributed by atoms with van der Waals surface area (Å²) in [5.74, 6) is -0.401. The van der Waals surface area contributed by atoms with Crippen LogP contribution in [0.2, 0.25) is 0 Å². The van der Waals surface area contributed by atoms with Gasteiger partial charge in [-0.2, -0.15) is 4.98 Å². The standard InChI is InChI=1S/C7H6FN5/c8-5-3-11-7(9)12-6(5)13-2-1-10-4-13/h1-4H,(H2,9,11,12). The van der Waals surface area contributed by atoms with Crippen LogP contribution in [-0.4, -0.2) is 19.5 Å². The van der Waals surface area contributed by atoms with E-state index >= 15 is 0 Å². The second-order valence-corrected chi connectivity index (χ2v) is 2.37. The molecule has 0 fully saturated rings. The second kappa shape index (κ2) is 2.81. The summed E-state index contributed by atoms with van der Waals surface area (Å²) in [6.45, 7) is 0. The van der Waals surface area contributed by atoms with Crippen LogP contribution >= 0.6 is 0 Å². The van der Waals surface area contributed by atoms with Crippen molar-refractivity contribution < 1.29 is 4.39 Å². The maximum absolute atomic E-state index is 13.1. The number of hydrogen-bond acceptors (Lipinski definition) is 4. The van der Waals surface area contributed by atoms with E-state index in [1.807, 2.05) is 0 Å². The van der Waals surface area contributed by atoms with E-state index in [0.717, 1.165) is 6.20 Å². The van der Waals surface area contributed by atoms with E-state index in [-0.39, 0.29) is 11.8 Å². The number of rotatable bonds is 1. The fourth-order valence-electron chi connectivity index (χ4n) is 0.937. The first kappa shape index (κ1) is 7.66. The highest BCUT2D eigenvalue weighted by molar-refractivity contribution is 5.29. The highest BCUT2D eigenvalue weighted by atomic mass is 19.1. The number of aromatic nitrogens is 4. The molecule has 0 spiro atoms. The van der Waals surface area contributed by atoms with Crippen LogP contribution in [0.4, 0.5) is 10.3 Å². The molecule has 66 valence electrons. The number of anilines is 1. The number of halogens is 1. The van der Waals surface area contributed by atoms with Crippen molar-refractivity contribution in [1.82, 2.24) is 19.5 Å². The average molecular weight is 179 g/mol. The van der Waals surface area contributed by atoms with Crippen LogP contribution in [0.1, 0.15) is 0 Å². The Labute approximate surface area is 73.1 Å². The summed E-state index contributed by atoms with van der Waals surface area (Å²) in [7, 11) is 0. The van der Waals surface area contributed by atoms with Crippen molar-refractivity contribution in [3.05, 3.63) is 30.7 Å². The lowest BCUT2D eigenvalue weighted by atomic mass is 10.5. The van der Waals surface area contributed by atoms with Gasteiger partial charge in [-0.3, -0.25) is 4.57 Å². The maximum atomic E-state index is 13.1. The summed E-state index contributed by atoms with van der Waals surface area (Å²) >= 11 is 0. The molecule has 0 radical (unpaired) electrons. The average Bonchev–Trinajstić information content (AvgIpc) is 2.61. The molecule has 0 bridgehead atoms. The number of hydrogen-bond donors (Lipinski definition) is 1. The minimum atomic E-state index is -0.535. The molecule has 0 unspecified atom stereocenters. The first-order chi connectivity index (χ1) is 6.27. The molecule has 0 aliphatic carbocycles. The van der Waals surface area contributed by atoms with Gasteiger partial charge in [0.05, 0.1) is 6.20 Å². The van der Waals surface area contributed by atoms with Crippen LogP contribution in [0.15, 0.2) is 24.9 Å². The van der Waals surface area contributed by atoms with Gasteiger partial charge in [-0.25, -0.2) is 14.4 Å². The summed E-state index contributed by atoms with van der Waals surface area (Å²) in [6, 6.07) is 0. The zero-order valence-electron chi connectivity index (χ0n) is 6.55. The topological polar surface area (TPSA) is 69.6 Å². The molecular weight excluding hydrogens is 173 g/mol. The summed E-state index contributed by atoms with van der Waals surface area (Å²) in [5, 5.41) is 0. The summed E-state index contributed by atoms with van der Waals surface area (Å²) in [5.41, 5.74) is 5.31. The molecule has 0 aliphatic rings. The summed E-state index contributed by atoms with van der Waals surface area (Å²) in [6.07, 6.45) is 5.56. The molecule has 0 aromatic carbocycles. The number of imidazole rings is 1. The lowest BCUT2D eigenvalue weighted by Gasteiger charge is -2.01. The highest BCUT2D eigenvalue weighted by Gasteiger charge is 2.06. The molecule has 2 heterocycles. The molecule has 0 amide bonds. The lowest BCUT2D eigenvalue weighted by Crippen LogP contribution is -2.03. The quantitative estimate of drug-likeness (QED) is 0.687. The maximum Gasteiger partial charge on any atom is 0.222 e. The number of nitrogen functional groups attached to an aromatic ring is 1. The van der Waals surface area contributed by atoms with Crippen molar-refractivity contribution in [3.8, 4) is 5.82 Å². The molecule has 2 N–H and O–H groups in total. The Morgan fingerprint density at radius 2 is 2.31 bits per heavy atom. The minimum absolute atomic E-state index is 0.0325. The van der Waals surface area contributed by atoms with Gasteiger partial charge in [0, 0.05) is 12.4 Å². The Hall–Kier alpha value is -1.98. The fourth-order valence-corrected chi connectivity index (χ4v) is 0.937. The van der Waals surface area contributed by atoms with Gasteiger partial charge in [-0.15, -0.1) is 0 Å². The molecule has 0 atom stereocenters. The van der Waals surface area contributed by atoms with E-state index in [1.165, 1.54) is 17.1 Å². The molecule has 0 saturated carbocycles. The molecule has 6 heteroatoms. The molecule has 0 saturated heterocycles. The zero-order chi connectivity index (χ0) is 9.26. The van der Waals surface area contributed by atoms with E-state index < -0.39 is 5.82 Å². The lowest BCUT2D eigenvalue weighted by molar-refractivity contribution is 0.602. The van der Waals surface area contributed by atoms with Gasteiger partial charge in [0.1, 0.15) is 6.33 Å². The third kappa shape index (κ3) is 1.33. The van der Waals surface area contributed by atoms with E-state index in [9.17, 15) is 4.39 Å². The second-order valence-electron chi connectivity index (χ2n) is 2.37. The molecule has 2 rings (SSSR count). The Balaban J connectivity index is 2.57. The zero-order valence-corrected chi connectivity index (χ0v) is 6.55. The van der Waals surface area contributed by atoms with Crippen molar-refractivity contribution >= 4 is 5.95 Å². The Morgan fingerprint density at radius 1 is 1.46 bits per heavy atom. The van der Waals surface area contributed by atoms with Crippen molar-refractivity contribution in [3.63, 3.8) is 0 Å². The van der Waals surface area contributed by atoms with Crippen LogP contribution in [0.25, 0.3) is 5.82 Å². The van der Waals surface area contributed by atoms with Crippen molar-refractivity contribution in [2.45, 2.75) is 0 Å². The molecular formula is C7H6FN5. The van der Waals surface area contributed by atoms with Gasteiger partial charge in [0.2, 0.25) is 5.95 Å². The van der Waals surface area contributed by atoms with E-state index in [2.05, 4.69) is 15.0 Å². The van der Waals surface area contributed by atoms with Crippen LogP contribution in [0.5, 0.6) is 0 Å². The van der Waals surface area contributed by atoms with Gasteiger partial charge < -0.3 is 5.73 Å². The molecule has 2 aromatic heterocycles. The Kier molecular flexibility index (Phi) is 1.66. The van der Waals surface area contributed by atoms with Gasteiger partial charge in [-0.1, -0.05) is 0 Å². The summed E-state index contributed by atoms with van der Waals surface area (Å²) in [4.78, 5) is 11.0. The predicted molar refractivity (Wildman–Crippen MR) is 43.5 cm³/mol. The van der Waals surface area contributed by atoms with Crippen LogP contribution in [0.3, 0.4) is 0 Å². The van der Waals surface area contributed by atoms with Crippen molar-refractivity contribution in [1.29, 1.82) is 0 Å². The normalized spacial score (nSPS) is 10.2. The smallest absolute Gasteiger partial charge is 0.222 e. The van der Waals surface area contributed by atoms with Gasteiger partial charge in [0.25, 0.3) is 0 Å². The third-order valence-electron chi connectivity index (χ3n) is 1.49. The van der Waals surface area contributed by atoms with Crippen molar-refractivity contribution in [2.75, 3.05) is 5.73 Å². The SMILES string of the molecule is Nc1ncc(F)c(-n2ccnc2)n1. The first-order valence-corrected chi connectivity index (χ1v) is 3.54. The van der Waals surface area contributed by atoms with E-state index in [1.54, 1.807) is 6.20 Å².